The highest BCUT2D eigenvalue weighted by Gasteiger charge is 2.29. The molecule has 0 spiro atoms. The standard InChI is InChI=1S/C22H25N3O5/c1-4-23-22(29)25-20(27)18(16-10-6-5-7-11-16)30-21(28)15(3)24-19(26)17-12-8-9-14(2)13-17/h5-13,15,18H,4H2,1-3H3,(H,24,26)(H2,23,25,27,29)/t15-,18-/m0/s1. The second kappa shape index (κ2) is 10.8. The molecule has 8 heteroatoms. The highest BCUT2D eigenvalue weighted by molar-refractivity contribution is 5.99. The molecule has 0 aliphatic heterocycles. The zero-order valence-corrected chi connectivity index (χ0v) is 17.1. The van der Waals surface area contributed by atoms with E-state index in [9.17, 15) is 19.2 Å². The van der Waals surface area contributed by atoms with Crippen molar-refractivity contribution >= 4 is 23.8 Å². The molecule has 0 bridgehead atoms. The molecule has 0 aliphatic rings. The van der Waals surface area contributed by atoms with Crippen LogP contribution in [0.3, 0.4) is 0 Å². The Hall–Kier alpha value is -3.68. The van der Waals surface area contributed by atoms with E-state index in [1.165, 1.54) is 6.92 Å². The van der Waals surface area contributed by atoms with Crippen molar-refractivity contribution in [3.63, 3.8) is 0 Å². The summed E-state index contributed by atoms with van der Waals surface area (Å²) in [5.74, 6) is -2.04. The summed E-state index contributed by atoms with van der Waals surface area (Å²) >= 11 is 0. The molecule has 0 fully saturated rings. The number of benzene rings is 2. The fourth-order valence-corrected chi connectivity index (χ4v) is 2.63. The van der Waals surface area contributed by atoms with Gasteiger partial charge in [-0.25, -0.2) is 9.59 Å². The summed E-state index contributed by atoms with van der Waals surface area (Å²) in [5, 5.41) is 7.14. The van der Waals surface area contributed by atoms with Crippen LogP contribution < -0.4 is 16.0 Å². The first kappa shape index (κ1) is 22.6. The maximum absolute atomic E-state index is 12.6. The van der Waals surface area contributed by atoms with E-state index in [1.807, 2.05) is 13.0 Å². The average molecular weight is 411 g/mol. The number of amides is 4. The van der Waals surface area contributed by atoms with Crippen molar-refractivity contribution in [1.82, 2.24) is 16.0 Å². The van der Waals surface area contributed by atoms with Gasteiger partial charge in [0.05, 0.1) is 0 Å². The Balaban J connectivity index is 2.10. The SMILES string of the molecule is CCNC(=O)NC(=O)[C@@H](OC(=O)[C@H](C)NC(=O)c1cccc(C)c1)c1ccccc1. The Morgan fingerprint density at radius 1 is 1.00 bits per heavy atom. The third-order valence-corrected chi connectivity index (χ3v) is 4.13. The lowest BCUT2D eigenvalue weighted by atomic mass is 10.1. The monoisotopic (exact) mass is 411 g/mol. The van der Waals surface area contributed by atoms with Gasteiger partial charge in [0.15, 0.2) is 0 Å². The normalized spacial score (nSPS) is 12.2. The fraction of sp³-hybridized carbons (Fsp3) is 0.273. The number of aryl methyl sites for hydroxylation is 1. The summed E-state index contributed by atoms with van der Waals surface area (Å²) in [5.41, 5.74) is 1.71. The molecule has 4 amide bonds. The van der Waals surface area contributed by atoms with Crippen LogP contribution >= 0.6 is 0 Å². The van der Waals surface area contributed by atoms with E-state index in [4.69, 9.17) is 4.74 Å². The topological polar surface area (TPSA) is 114 Å². The summed E-state index contributed by atoms with van der Waals surface area (Å²) in [6.45, 7) is 5.35. The molecule has 2 aromatic rings. The number of urea groups is 1. The predicted molar refractivity (Wildman–Crippen MR) is 111 cm³/mol. The van der Waals surface area contributed by atoms with Crippen LogP contribution in [-0.4, -0.2) is 36.4 Å². The Kier molecular flexibility index (Phi) is 8.10. The maximum atomic E-state index is 12.6. The van der Waals surface area contributed by atoms with Crippen molar-refractivity contribution in [2.45, 2.75) is 32.9 Å². The van der Waals surface area contributed by atoms with E-state index < -0.39 is 36.0 Å². The Bertz CT molecular complexity index is 914. The number of ether oxygens (including phenoxy) is 1. The first-order valence-corrected chi connectivity index (χ1v) is 9.53. The summed E-state index contributed by atoms with van der Waals surface area (Å²) in [4.78, 5) is 49.2. The molecule has 30 heavy (non-hydrogen) atoms. The predicted octanol–water partition coefficient (Wildman–Crippen LogP) is 2.24. The van der Waals surface area contributed by atoms with E-state index in [1.54, 1.807) is 55.5 Å². The minimum atomic E-state index is -1.35. The molecule has 0 unspecified atom stereocenters. The number of carbonyl (C=O) groups is 4. The van der Waals surface area contributed by atoms with Gasteiger partial charge >= 0.3 is 12.0 Å². The molecule has 2 aromatic carbocycles. The van der Waals surface area contributed by atoms with E-state index >= 15 is 0 Å². The molecular weight excluding hydrogens is 386 g/mol. The highest BCUT2D eigenvalue weighted by atomic mass is 16.5. The van der Waals surface area contributed by atoms with E-state index in [2.05, 4.69) is 16.0 Å². The molecule has 0 radical (unpaired) electrons. The van der Waals surface area contributed by atoms with Crippen molar-refractivity contribution in [3.8, 4) is 0 Å². The number of carbonyl (C=O) groups excluding carboxylic acids is 4. The minimum absolute atomic E-state index is 0.330. The Labute approximate surface area is 175 Å². The van der Waals surface area contributed by atoms with Crippen LogP contribution in [0.5, 0.6) is 0 Å². The van der Waals surface area contributed by atoms with Crippen LogP contribution in [0.15, 0.2) is 54.6 Å². The lowest BCUT2D eigenvalue weighted by molar-refractivity contribution is -0.157. The minimum Gasteiger partial charge on any atom is -0.446 e. The fourth-order valence-electron chi connectivity index (χ4n) is 2.63. The van der Waals surface area contributed by atoms with E-state index in [-0.39, 0.29) is 0 Å². The van der Waals surface area contributed by atoms with Crippen LogP contribution in [0, 0.1) is 6.92 Å². The number of hydrogen-bond donors (Lipinski definition) is 3. The van der Waals surface area contributed by atoms with Gasteiger partial charge in [-0.15, -0.1) is 0 Å². The molecule has 0 aliphatic carbocycles. The van der Waals surface area contributed by atoms with Gasteiger partial charge in [0, 0.05) is 17.7 Å². The molecule has 0 heterocycles. The van der Waals surface area contributed by atoms with Gasteiger partial charge in [0.25, 0.3) is 11.8 Å². The third kappa shape index (κ3) is 6.44. The first-order chi connectivity index (χ1) is 14.3. The molecule has 0 aromatic heterocycles. The number of esters is 1. The number of rotatable bonds is 7. The molecule has 158 valence electrons. The Morgan fingerprint density at radius 2 is 1.70 bits per heavy atom. The zero-order chi connectivity index (χ0) is 22.1. The third-order valence-electron chi connectivity index (χ3n) is 4.13. The molecule has 0 saturated carbocycles. The lowest BCUT2D eigenvalue weighted by Gasteiger charge is -2.20. The summed E-state index contributed by atoms with van der Waals surface area (Å²) in [6.07, 6.45) is -1.35. The molecule has 3 N–H and O–H groups in total. The van der Waals surface area contributed by atoms with Gasteiger partial charge in [-0.1, -0.05) is 48.0 Å². The zero-order valence-electron chi connectivity index (χ0n) is 17.1. The number of nitrogens with one attached hydrogen (secondary N) is 3. The smallest absolute Gasteiger partial charge is 0.329 e. The van der Waals surface area contributed by atoms with Gasteiger partial charge in [-0.3, -0.25) is 14.9 Å². The second-order valence-electron chi connectivity index (χ2n) is 6.64. The van der Waals surface area contributed by atoms with Gasteiger partial charge in [0.2, 0.25) is 6.10 Å². The number of hydrogen-bond acceptors (Lipinski definition) is 5. The molecule has 2 atom stereocenters. The van der Waals surface area contributed by atoms with Gasteiger partial charge in [-0.2, -0.15) is 0 Å². The van der Waals surface area contributed by atoms with Gasteiger partial charge in [0.1, 0.15) is 6.04 Å². The van der Waals surface area contributed by atoms with Crippen LogP contribution in [0.4, 0.5) is 4.79 Å². The number of imide groups is 1. The summed E-state index contributed by atoms with van der Waals surface area (Å²) < 4.78 is 5.35. The molecule has 0 saturated heterocycles. The van der Waals surface area contributed by atoms with Crippen LogP contribution in [-0.2, 0) is 14.3 Å². The summed E-state index contributed by atoms with van der Waals surface area (Å²) in [6, 6.07) is 13.5. The van der Waals surface area contributed by atoms with Crippen molar-refractivity contribution < 1.29 is 23.9 Å². The van der Waals surface area contributed by atoms with E-state index in [0.717, 1.165) is 5.56 Å². The average Bonchev–Trinajstić information content (AvgIpc) is 2.72. The Morgan fingerprint density at radius 3 is 2.33 bits per heavy atom. The summed E-state index contributed by atoms with van der Waals surface area (Å²) in [7, 11) is 0. The second-order valence-corrected chi connectivity index (χ2v) is 6.64. The first-order valence-electron chi connectivity index (χ1n) is 9.53. The van der Waals surface area contributed by atoms with Crippen molar-refractivity contribution in [1.29, 1.82) is 0 Å². The maximum Gasteiger partial charge on any atom is 0.329 e. The van der Waals surface area contributed by atoms with Crippen molar-refractivity contribution in [3.05, 3.63) is 71.3 Å². The van der Waals surface area contributed by atoms with Crippen molar-refractivity contribution in [2.75, 3.05) is 6.54 Å². The van der Waals surface area contributed by atoms with Crippen LogP contribution in [0.2, 0.25) is 0 Å². The van der Waals surface area contributed by atoms with E-state index in [0.29, 0.717) is 17.7 Å². The highest BCUT2D eigenvalue weighted by Crippen LogP contribution is 2.18. The van der Waals surface area contributed by atoms with Crippen LogP contribution in [0.1, 0.15) is 41.4 Å². The van der Waals surface area contributed by atoms with Crippen LogP contribution in [0.25, 0.3) is 0 Å². The molecular formula is C22H25N3O5. The van der Waals surface area contributed by atoms with Gasteiger partial charge in [-0.05, 0) is 32.9 Å². The molecule has 2 rings (SSSR count). The van der Waals surface area contributed by atoms with Gasteiger partial charge < -0.3 is 15.4 Å². The van der Waals surface area contributed by atoms with Crippen molar-refractivity contribution in [2.24, 2.45) is 0 Å². The lowest BCUT2D eigenvalue weighted by Crippen LogP contribution is -2.45. The quantitative estimate of drug-likeness (QED) is 0.605. The largest absolute Gasteiger partial charge is 0.446 e. The molecule has 8 nitrogen and oxygen atoms in total.